The van der Waals surface area contributed by atoms with E-state index in [0.717, 1.165) is 69.9 Å². The maximum absolute atomic E-state index is 12.7. The summed E-state index contributed by atoms with van der Waals surface area (Å²) in [7, 11) is 1.57. The van der Waals surface area contributed by atoms with Gasteiger partial charge in [-0.1, -0.05) is 13.0 Å². The maximum atomic E-state index is 12.7. The zero-order valence-electron chi connectivity index (χ0n) is 15.4. The second-order valence-corrected chi connectivity index (χ2v) is 7.56. The molecular formula is C20H30N2O3. The standard InChI is InChI=1S/C20H30N2O3/c1-15-5-11-22(12-6-15)20(24)17-7-9-21(10-8-17)14-16-3-4-18(23)19(13-16)25-2/h3-4,13,15,17,23H,5-12,14H2,1-2H3. The Bertz CT molecular complexity index is 589. The molecule has 0 unspecified atom stereocenters. The lowest BCUT2D eigenvalue weighted by atomic mass is 9.92. The average Bonchev–Trinajstić information content (AvgIpc) is 2.64. The van der Waals surface area contributed by atoms with Crippen LogP contribution in [0.4, 0.5) is 0 Å². The number of nitrogens with zero attached hydrogens (tertiary/aromatic N) is 2. The van der Waals surface area contributed by atoms with Gasteiger partial charge in [0, 0.05) is 25.6 Å². The van der Waals surface area contributed by atoms with Crippen LogP contribution in [0.5, 0.6) is 11.5 Å². The van der Waals surface area contributed by atoms with Crippen molar-refractivity contribution in [2.24, 2.45) is 11.8 Å². The van der Waals surface area contributed by atoms with Gasteiger partial charge in [-0.15, -0.1) is 0 Å². The van der Waals surface area contributed by atoms with E-state index in [1.165, 1.54) is 0 Å². The molecule has 0 saturated carbocycles. The fraction of sp³-hybridized carbons (Fsp3) is 0.650. The molecule has 3 rings (SSSR count). The van der Waals surface area contributed by atoms with Crippen LogP contribution in [0.2, 0.25) is 0 Å². The number of hydrogen-bond acceptors (Lipinski definition) is 4. The molecule has 2 heterocycles. The van der Waals surface area contributed by atoms with Crippen molar-refractivity contribution in [3.63, 3.8) is 0 Å². The van der Waals surface area contributed by atoms with Gasteiger partial charge in [0.2, 0.25) is 5.91 Å². The van der Waals surface area contributed by atoms with Crippen molar-refractivity contribution in [2.45, 2.75) is 39.2 Å². The van der Waals surface area contributed by atoms with E-state index < -0.39 is 0 Å². The van der Waals surface area contributed by atoms with Crippen molar-refractivity contribution >= 4 is 5.91 Å². The Hall–Kier alpha value is -1.75. The number of rotatable bonds is 4. The average molecular weight is 346 g/mol. The van der Waals surface area contributed by atoms with Gasteiger partial charge in [-0.05, 0) is 62.4 Å². The second-order valence-electron chi connectivity index (χ2n) is 7.56. The predicted molar refractivity (Wildman–Crippen MR) is 97.6 cm³/mol. The Balaban J connectivity index is 1.49. The Morgan fingerprint density at radius 1 is 1.16 bits per heavy atom. The summed E-state index contributed by atoms with van der Waals surface area (Å²) in [5, 5.41) is 9.70. The van der Waals surface area contributed by atoms with Gasteiger partial charge in [0.1, 0.15) is 0 Å². The Labute approximate surface area is 150 Å². The van der Waals surface area contributed by atoms with Crippen molar-refractivity contribution in [3.8, 4) is 11.5 Å². The molecule has 1 N–H and O–H groups in total. The van der Waals surface area contributed by atoms with Crippen molar-refractivity contribution < 1.29 is 14.6 Å². The summed E-state index contributed by atoms with van der Waals surface area (Å²) in [6, 6.07) is 5.51. The number of hydrogen-bond donors (Lipinski definition) is 1. The number of carbonyl (C=O) groups is 1. The number of ether oxygens (including phenoxy) is 1. The van der Waals surface area contributed by atoms with E-state index in [4.69, 9.17) is 4.74 Å². The van der Waals surface area contributed by atoms with E-state index in [-0.39, 0.29) is 11.7 Å². The largest absolute Gasteiger partial charge is 0.504 e. The lowest BCUT2D eigenvalue weighted by Gasteiger charge is -2.36. The Morgan fingerprint density at radius 2 is 1.84 bits per heavy atom. The number of likely N-dealkylation sites (tertiary alicyclic amines) is 2. The van der Waals surface area contributed by atoms with Crippen LogP contribution in [-0.2, 0) is 11.3 Å². The first-order chi connectivity index (χ1) is 12.1. The molecule has 2 saturated heterocycles. The fourth-order valence-corrected chi connectivity index (χ4v) is 3.90. The predicted octanol–water partition coefficient (Wildman–Crippen LogP) is 2.87. The number of phenolic OH excluding ortho intramolecular Hbond substituents is 1. The molecule has 0 aromatic heterocycles. The minimum Gasteiger partial charge on any atom is -0.504 e. The molecule has 2 aliphatic heterocycles. The van der Waals surface area contributed by atoms with Gasteiger partial charge in [-0.25, -0.2) is 0 Å². The summed E-state index contributed by atoms with van der Waals surface area (Å²) < 4.78 is 5.18. The molecule has 0 bridgehead atoms. The summed E-state index contributed by atoms with van der Waals surface area (Å²) in [5.41, 5.74) is 1.13. The number of benzene rings is 1. The number of aromatic hydroxyl groups is 1. The van der Waals surface area contributed by atoms with E-state index in [1.54, 1.807) is 13.2 Å². The van der Waals surface area contributed by atoms with E-state index in [1.807, 2.05) is 12.1 Å². The van der Waals surface area contributed by atoms with Crippen LogP contribution in [0.3, 0.4) is 0 Å². The third kappa shape index (κ3) is 4.46. The molecule has 5 nitrogen and oxygen atoms in total. The quantitative estimate of drug-likeness (QED) is 0.911. The topological polar surface area (TPSA) is 53.0 Å². The number of phenols is 1. The van der Waals surface area contributed by atoms with E-state index >= 15 is 0 Å². The summed E-state index contributed by atoms with van der Waals surface area (Å²) >= 11 is 0. The van der Waals surface area contributed by atoms with Crippen LogP contribution in [0, 0.1) is 11.8 Å². The van der Waals surface area contributed by atoms with Gasteiger partial charge < -0.3 is 14.7 Å². The molecule has 1 amide bonds. The van der Waals surface area contributed by atoms with Crippen LogP contribution >= 0.6 is 0 Å². The van der Waals surface area contributed by atoms with Crippen molar-refractivity contribution in [3.05, 3.63) is 23.8 Å². The van der Waals surface area contributed by atoms with Crippen LogP contribution < -0.4 is 4.74 Å². The van der Waals surface area contributed by atoms with Gasteiger partial charge >= 0.3 is 0 Å². The molecular weight excluding hydrogens is 316 g/mol. The molecule has 1 aromatic rings. The minimum absolute atomic E-state index is 0.173. The van der Waals surface area contributed by atoms with Gasteiger partial charge in [-0.3, -0.25) is 9.69 Å². The van der Waals surface area contributed by atoms with Crippen molar-refractivity contribution in [1.29, 1.82) is 0 Å². The fourth-order valence-electron chi connectivity index (χ4n) is 3.90. The molecule has 1 aromatic carbocycles. The first kappa shape index (κ1) is 18.1. The highest BCUT2D eigenvalue weighted by molar-refractivity contribution is 5.79. The van der Waals surface area contributed by atoms with Crippen molar-refractivity contribution in [2.75, 3.05) is 33.3 Å². The van der Waals surface area contributed by atoms with Gasteiger partial charge in [-0.2, -0.15) is 0 Å². The highest BCUT2D eigenvalue weighted by Crippen LogP contribution is 2.28. The second kappa shape index (κ2) is 8.09. The molecule has 138 valence electrons. The molecule has 2 fully saturated rings. The third-order valence-corrected chi connectivity index (χ3v) is 5.68. The summed E-state index contributed by atoms with van der Waals surface area (Å²) in [6.45, 7) is 6.88. The van der Waals surface area contributed by atoms with Crippen LogP contribution in [-0.4, -0.2) is 54.1 Å². The summed E-state index contributed by atoms with van der Waals surface area (Å²) in [6.07, 6.45) is 4.18. The molecule has 0 atom stereocenters. The molecule has 0 radical (unpaired) electrons. The summed E-state index contributed by atoms with van der Waals surface area (Å²) in [4.78, 5) is 17.2. The number of amides is 1. The van der Waals surface area contributed by atoms with E-state index in [2.05, 4.69) is 16.7 Å². The first-order valence-electron chi connectivity index (χ1n) is 9.44. The third-order valence-electron chi connectivity index (χ3n) is 5.68. The lowest BCUT2D eigenvalue weighted by Crippen LogP contribution is -2.45. The maximum Gasteiger partial charge on any atom is 0.225 e. The number of piperidine rings is 2. The molecule has 25 heavy (non-hydrogen) atoms. The monoisotopic (exact) mass is 346 g/mol. The van der Waals surface area contributed by atoms with E-state index in [9.17, 15) is 9.90 Å². The highest BCUT2D eigenvalue weighted by Gasteiger charge is 2.30. The zero-order chi connectivity index (χ0) is 17.8. The highest BCUT2D eigenvalue weighted by atomic mass is 16.5. The zero-order valence-corrected chi connectivity index (χ0v) is 15.4. The molecule has 0 spiro atoms. The Morgan fingerprint density at radius 3 is 2.48 bits per heavy atom. The van der Waals surface area contributed by atoms with Crippen molar-refractivity contribution in [1.82, 2.24) is 9.80 Å². The van der Waals surface area contributed by atoms with Crippen LogP contribution in [0.15, 0.2) is 18.2 Å². The van der Waals surface area contributed by atoms with Crippen LogP contribution in [0.1, 0.15) is 38.2 Å². The first-order valence-corrected chi connectivity index (χ1v) is 9.44. The van der Waals surface area contributed by atoms with E-state index in [0.29, 0.717) is 11.7 Å². The number of carbonyl (C=O) groups excluding carboxylic acids is 1. The Kier molecular flexibility index (Phi) is 5.84. The minimum atomic E-state index is 0.173. The van der Waals surface area contributed by atoms with Gasteiger partial charge in [0.25, 0.3) is 0 Å². The summed E-state index contributed by atoms with van der Waals surface area (Å²) in [5.74, 6) is 2.01. The van der Waals surface area contributed by atoms with Crippen LogP contribution in [0.25, 0.3) is 0 Å². The molecule has 5 heteroatoms. The smallest absolute Gasteiger partial charge is 0.225 e. The molecule has 0 aliphatic carbocycles. The molecule has 2 aliphatic rings. The number of methoxy groups -OCH3 is 1. The SMILES string of the molecule is COc1cc(CN2CCC(C(=O)N3CCC(C)CC3)CC2)ccc1O. The normalized spacial score (nSPS) is 20.6. The van der Waals surface area contributed by atoms with Gasteiger partial charge in [0.15, 0.2) is 11.5 Å². The van der Waals surface area contributed by atoms with Gasteiger partial charge in [0.05, 0.1) is 7.11 Å². The lowest BCUT2D eigenvalue weighted by molar-refractivity contribution is -0.138.